The van der Waals surface area contributed by atoms with Crippen molar-refractivity contribution in [3.8, 4) is 0 Å². The van der Waals surface area contributed by atoms with E-state index < -0.39 is 0 Å². The van der Waals surface area contributed by atoms with Gasteiger partial charge in [-0.2, -0.15) is 0 Å². The molecule has 0 aromatic heterocycles. The number of hydrogen-bond donors (Lipinski definition) is 3. The summed E-state index contributed by atoms with van der Waals surface area (Å²) in [5, 5.41) is 8.78. The molecule has 2 rings (SSSR count). The minimum Gasteiger partial charge on any atom is -0.377 e. The third kappa shape index (κ3) is 8.28. The van der Waals surface area contributed by atoms with Crippen LogP contribution in [0.1, 0.15) is 53.0 Å². The van der Waals surface area contributed by atoms with Crippen LogP contribution >= 0.6 is 0 Å². The summed E-state index contributed by atoms with van der Waals surface area (Å²) in [5.41, 5.74) is 2.30. The molecule has 1 aromatic rings. The fraction of sp³-hybridized carbons (Fsp3) is 0.652. The van der Waals surface area contributed by atoms with Gasteiger partial charge < -0.3 is 30.5 Å². The lowest BCUT2D eigenvalue weighted by atomic mass is 10.1. The van der Waals surface area contributed by atoms with Gasteiger partial charge in [0.15, 0.2) is 0 Å². The fourth-order valence-electron chi connectivity index (χ4n) is 3.51. The number of rotatable bonds is 7. The van der Waals surface area contributed by atoms with Crippen molar-refractivity contribution in [2.24, 2.45) is 0 Å². The molecule has 8 heteroatoms. The summed E-state index contributed by atoms with van der Waals surface area (Å²) >= 11 is 0. The molecule has 1 fully saturated rings. The van der Waals surface area contributed by atoms with E-state index in [-0.39, 0.29) is 29.7 Å². The number of ether oxygens (including phenoxy) is 1. The lowest BCUT2D eigenvalue weighted by Crippen LogP contribution is -2.50. The summed E-state index contributed by atoms with van der Waals surface area (Å²) in [4.78, 5) is 29.0. The molecule has 1 saturated heterocycles. The molecule has 3 N–H and O–H groups in total. The molecule has 1 aliphatic heterocycles. The Labute approximate surface area is 186 Å². The van der Waals surface area contributed by atoms with Crippen LogP contribution in [-0.2, 0) is 11.3 Å². The van der Waals surface area contributed by atoms with Crippen LogP contribution in [0.4, 0.5) is 21.0 Å². The molecular weight excluding hydrogens is 394 g/mol. The molecule has 31 heavy (non-hydrogen) atoms. The van der Waals surface area contributed by atoms with E-state index in [9.17, 15) is 9.59 Å². The first-order valence-corrected chi connectivity index (χ1v) is 11.0. The van der Waals surface area contributed by atoms with Gasteiger partial charge in [0.1, 0.15) is 0 Å². The van der Waals surface area contributed by atoms with Crippen LogP contribution in [0, 0.1) is 0 Å². The van der Waals surface area contributed by atoms with Crippen LogP contribution in [0.2, 0.25) is 0 Å². The Bertz CT molecular complexity index is 752. The number of hydrogen-bond acceptors (Lipinski definition) is 4. The van der Waals surface area contributed by atoms with Crippen molar-refractivity contribution in [1.82, 2.24) is 15.5 Å². The molecule has 1 aliphatic rings. The van der Waals surface area contributed by atoms with Crippen molar-refractivity contribution in [3.05, 3.63) is 23.8 Å². The molecule has 0 saturated carbocycles. The van der Waals surface area contributed by atoms with Crippen molar-refractivity contribution in [1.29, 1.82) is 0 Å². The van der Waals surface area contributed by atoms with E-state index in [1.54, 1.807) is 0 Å². The summed E-state index contributed by atoms with van der Waals surface area (Å²) in [6.07, 6.45) is 2.02. The maximum atomic E-state index is 13.1. The molecule has 0 radical (unpaired) electrons. The molecular formula is C23H39N5O3. The Morgan fingerprint density at radius 2 is 1.94 bits per heavy atom. The lowest BCUT2D eigenvalue weighted by Gasteiger charge is -2.31. The summed E-state index contributed by atoms with van der Waals surface area (Å²) in [7, 11) is 3.94. The van der Waals surface area contributed by atoms with Crippen molar-refractivity contribution in [2.75, 3.05) is 37.5 Å². The molecule has 0 aliphatic carbocycles. The van der Waals surface area contributed by atoms with Crippen LogP contribution in [0.15, 0.2) is 18.2 Å². The van der Waals surface area contributed by atoms with E-state index in [4.69, 9.17) is 4.74 Å². The number of anilines is 2. The highest BCUT2D eigenvalue weighted by Gasteiger charge is 2.26. The average molecular weight is 434 g/mol. The maximum absolute atomic E-state index is 13.1. The monoisotopic (exact) mass is 433 g/mol. The molecule has 174 valence electrons. The zero-order valence-electron chi connectivity index (χ0n) is 20.0. The zero-order chi connectivity index (χ0) is 23.2. The predicted octanol–water partition coefficient (Wildman–Crippen LogP) is 3.77. The molecule has 4 amide bonds. The minimum absolute atomic E-state index is 0.0449. The number of carbonyl (C=O) groups excluding carboxylic acids is 2. The first kappa shape index (κ1) is 24.8. The van der Waals surface area contributed by atoms with Gasteiger partial charge in [0.25, 0.3) is 0 Å². The minimum atomic E-state index is -0.339. The molecule has 1 atom stereocenters. The van der Waals surface area contributed by atoms with Gasteiger partial charge in [-0.3, -0.25) is 0 Å². The number of benzene rings is 1. The molecule has 8 nitrogen and oxygen atoms in total. The number of nitrogens with one attached hydrogen (secondary N) is 3. The SMILES string of the molecule is CC(C)NC(=O)Nc1ccc(N(C)C)c(CN(C[C@@H]2CCCO2)C(=O)NC(C)(C)C)c1. The van der Waals surface area contributed by atoms with Gasteiger partial charge >= 0.3 is 12.1 Å². The van der Waals surface area contributed by atoms with E-state index in [2.05, 4.69) is 16.0 Å². The van der Waals surface area contributed by atoms with E-state index >= 15 is 0 Å². The van der Waals surface area contributed by atoms with Gasteiger partial charge in [-0.15, -0.1) is 0 Å². The lowest BCUT2D eigenvalue weighted by molar-refractivity contribution is 0.0782. The highest BCUT2D eigenvalue weighted by Crippen LogP contribution is 2.26. The highest BCUT2D eigenvalue weighted by molar-refractivity contribution is 5.90. The first-order chi connectivity index (χ1) is 14.4. The Kier molecular flexibility index (Phi) is 8.56. The molecule has 1 aromatic carbocycles. The van der Waals surface area contributed by atoms with Gasteiger partial charge in [0.05, 0.1) is 6.10 Å². The standard InChI is InChI=1S/C23H39N5O3/c1-16(2)24-21(29)25-18-10-11-20(27(6)7)17(13-18)14-28(15-19-9-8-12-31-19)22(30)26-23(3,4)5/h10-11,13,16,19H,8-9,12,14-15H2,1-7H3,(H,26,30)(H2,24,25,29)/t19-/m0/s1. The second-order valence-electron chi connectivity index (χ2n) is 9.69. The summed E-state index contributed by atoms with van der Waals surface area (Å²) in [5.74, 6) is 0. The summed E-state index contributed by atoms with van der Waals surface area (Å²) < 4.78 is 5.80. The number of urea groups is 2. The normalized spacial score (nSPS) is 16.2. The fourth-order valence-corrected chi connectivity index (χ4v) is 3.51. The van der Waals surface area contributed by atoms with Crippen LogP contribution in [0.3, 0.4) is 0 Å². The summed E-state index contributed by atoms with van der Waals surface area (Å²) in [6.45, 7) is 11.4. The average Bonchev–Trinajstić information content (AvgIpc) is 3.12. The smallest absolute Gasteiger partial charge is 0.319 e. The maximum Gasteiger partial charge on any atom is 0.319 e. The Morgan fingerprint density at radius 3 is 2.48 bits per heavy atom. The Hall–Kier alpha value is -2.48. The van der Waals surface area contributed by atoms with Crippen LogP contribution in [-0.4, -0.2) is 61.9 Å². The number of nitrogens with zero attached hydrogens (tertiary/aromatic N) is 2. The zero-order valence-corrected chi connectivity index (χ0v) is 20.0. The Morgan fingerprint density at radius 1 is 1.23 bits per heavy atom. The van der Waals surface area contributed by atoms with Gasteiger partial charge in [-0.25, -0.2) is 9.59 Å². The van der Waals surface area contributed by atoms with Crippen molar-refractivity contribution in [3.63, 3.8) is 0 Å². The van der Waals surface area contributed by atoms with E-state index in [0.717, 1.165) is 30.7 Å². The van der Waals surface area contributed by atoms with Gasteiger partial charge in [-0.1, -0.05) is 0 Å². The van der Waals surface area contributed by atoms with Gasteiger partial charge in [-0.05, 0) is 71.2 Å². The Balaban J connectivity index is 2.27. The van der Waals surface area contributed by atoms with Crippen molar-refractivity contribution >= 4 is 23.4 Å². The number of carbonyl (C=O) groups is 2. The third-order valence-corrected chi connectivity index (χ3v) is 4.82. The highest BCUT2D eigenvalue weighted by atomic mass is 16.5. The summed E-state index contributed by atoms with van der Waals surface area (Å²) in [6, 6.07) is 5.44. The third-order valence-electron chi connectivity index (χ3n) is 4.82. The second-order valence-corrected chi connectivity index (χ2v) is 9.69. The van der Waals surface area contributed by atoms with E-state index in [1.807, 2.05) is 76.7 Å². The van der Waals surface area contributed by atoms with E-state index in [0.29, 0.717) is 18.8 Å². The topological polar surface area (TPSA) is 85.9 Å². The molecule has 1 heterocycles. The van der Waals surface area contributed by atoms with Crippen molar-refractivity contribution < 1.29 is 14.3 Å². The quantitative estimate of drug-likeness (QED) is 0.611. The molecule has 0 spiro atoms. The van der Waals surface area contributed by atoms with Crippen LogP contribution in [0.25, 0.3) is 0 Å². The predicted molar refractivity (Wildman–Crippen MR) is 126 cm³/mol. The van der Waals surface area contributed by atoms with Gasteiger partial charge in [0.2, 0.25) is 0 Å². The van der Waals surface area contributed by atoms with Gasteiger partial charge in [0, 0.05) is 56.7 Å². The van der Waals surface area contributed by atoms with Crippen molar-refractivity contribution in [2.45, 2.75) is 71.7 Å². The molecule has 0 bridgehead atoms. The van der Waals surface area contributed by atoms with E-state index in [1.165, 1.54) is 0 Å². The molecule has 0 unspecified atom stereocenters. The largest absolute Gasteiger partial charge is 0.377 e. The second kappa shape index (κ2) is 10.7. The first-order valence-electron chi connectivity index (χ1n) is 11.0. The van der Waals surface area contributed by atoms with Crippen LogP contribution in [0.5, 0.6) is 0 Å². The van der Waals surface area contributed by atoms with Crippen LogP contribution < -0.4 is 20.9 Å². The number of amides is 4.